The van der Waals surface area contributed by atoms with Crippen molar-refractivity contribution in [3.8, 4) is 0 Å². The first-order chi connectivity index (χ1) is 2.79. The summed E-state index contributed by atoms with van der Waals surface area (Å²) in [7, 11) is 0. The first kappa shape index (κ1) is 3.28. The summed E-state index contributed by atoms with van der Waals surface area (Å²) < 4.78 is 4.64. The van der Waals surface area contributed by atoms with Crippen molar-refractivity contribution in [3.05, 3.63) is 11.1 Å². The van der Waals surface area contributed by atoms with E-state index in [0.717, 1.165) is 0 Å². The van der Waals surface area contributed by atoms with E-state index in [1.54, 1.807) is 0 Å². The monoisotopic (exact) mass is 83.0 g/mol. The molecule has 0 bridgehead atoms. The van der Waals surface area contributed by atoms with E-state index in [2.05, 4.69) is 22.6 Å². The molecule has 0 spiro atoms. The van der Waals surface area contributed by atoms with Gasteiger partial charge in [-0.1, -0.05) is 0 Å². The predicted molar refractivity (Wildman–Crippen MR) is 23.4 cm³/mol. The Hall–Kier alpha value is -0.920. The zero-order valence-corrected chi connectivity index (χ0v) is 3.32. The Morgan fingerprint density at radius 2 is 1.67 bits per heavy atom. The van der Waals surface area contributed by atoms with E-state index >= 15 is 0 Å². The molecule has 1 aromatic heterocycles. The van der Waals surface area contributed by atoms with Crippen LogP contribution in [0.25, 0.3) is 13.2 Å². The fraction of sp³-hybridized carbons (Fsp3) is 0. The number of hydrogen-bond acceptors (Lipinski definition) is 1. The lowest BCUT2D eigenvalue weighted by Crippen LogP contribution is -2.26. The van der Waals surface area contributed by atoms with Gasteiger partial charge in [-0.3, -0.25) is 4.98 Å². The van der Waals surface area contributed by atoms with Crippen LogP contribution in [0.5, 0.6) is 0 Å². The summed E-state index contributed by atoms with van der Waals surface area (Å²) in [4.78, 5) is 2.69. The van der Waals surface area contributed by atoms with Gasteiger partial charge in [-0.05, 0) is 13.2 Å². The average molecular weight is 83.1 g/mol. The van der Waals surface area contributed by atoms with E-state index in [9.17, 15) is 0 Å². The van der Waals surface area contributed by atoms with Crippen LogP contribution in [-0.2, 0) is 0 Å². The molecule has 1 rings (SSSR count). The highest BCUT2D eigenvalue weighted by Gasteiger charge is 1.75. The minimum atomic E-state index is 0.583. The maximum absolute atomic E-state index is 4.64. The standard InChI is InChI=1S/C4H5NO/c1-3-5-4(2)6-3/h5H,1-2H2. The average Bonchev–Trinajstić information content (AvgIpc) is 1.33. The number of nitrogens with one attached hydrogen (secondary N) is 1. The van der Waals surface area contributed by atoms with Crippen LogP contribution < -0.4 is 11.1 Å². The van der Waals surface area contributed by atoms with E-state index in [-0.39, 0.29) is 0 Å². The van der Waals surface area contributed by atoms with Gasteiger partial charge in [-0.15, -0.1) is 0 Å². The van der Waals surface area contributed by atoms with Gasteiger partial charge in [-0.25, -0.2) is 0 Å². The third-order valence-corrected chi connectivity index (χ3v) is 0.525. The molecule has 0 radical (unpaired) electrons. The summed E-state index contributed by atoms with van der Waals surface area (Å²) in [5.41, 5.74) is 1.17. The maximum Gasteiger partial charge on any atom is 0.194 e. The maximum atomic E-state index is 4.64. The minimum Gasteiger partial charge on any atom is -0.426 e. The third kappa shape index (κ3) is 0.266. The van der Waals surface area contributed by atoms with Crippen molar-refractivity contribution >= 4 is 13.2 Å². The molecule has 2 nitrogen and oxygen atoms in total. The van der Waals surface area contributed by atoms with Gasteiger partial charge in [0.2, 0.25) is 0 Å². The van der Waals surface area contributed by atoms with Gasteiger partial charge in [0.15, 0.2) is 11.1 Å². The second-order valence-electron chi connectivity index (χ2n) is 1.07. The summed E-state index contributed by atoms with van der Waals surface area (Å²) in [5.74, 6) is 0. The molecular formula is C4H5NO. The van der Waals surface area contributed by atoms with Gasteiger partial charge < -0.3 is 4.42 Å². The first-order valence-corrected chi connectivity index (χ1v) is 1.62. The Labute approximate surface area is 34.8 Å². The van der Waals surface area contributed by atoms with Gasteiger partial charge in [0.25, 0.3) is 0 Å². The van der Waals surface area contributed by atoms with E-state index in [1.807, 2.05) is 0 Å². The molecule has 0 saturated heterocycles. The minimum absolute atomic E-state index is 0.583. The Balaban J connectivity index is 3.41. The SMILES string of the molecule is C=c1[nH]c(=C)o1. The molecule has 0 saturated carbocycles. The zero-order valence-electron chi connectivity index (χ0n) is 3.32. The number of H-pyrrole nitrogens is 1. The van der Waals surface area contributed by atoms with Gasteiger partial charge in [0, 0.05) is 0 Å². The van der Waals surface area contributed by atoms with Gasteiger partial charge in [0.1, 0.15) is 0 Å². The van der Waals surface area contributed by atoms with Crippen LogP contribution in [0, 0.1) is 0 Å². The molecule has 1 aromatic rings. The number of aromatic nitrogens is 1. The summed E-state index contributed by atoms with van der Waals surface area (Å²) in [5, 5.41) is 0. The molecule has 0 fully saturated rings. The van der Waals surface area contributed by atoms with Crippen LogP contribution in [0.4, 0.5) is 0 Å². The van der Waals surface area contributed by atoms with Crippen molar-refractivity contribution in [1.29, 1.82) is 0 Å². The molecule has 1 N–H and O–H groups in total. The molecule has 0 aromatic carbocycles. The second kappa shape index (κ2) is 0.772. The van der Waals surface area contributed by atoms with Crippen molar-refractivity contribution < 1.29 is 4.42 Å². The van der Waals surface area contributed by atoms with E-state index in [4.69, 9.17) is 0 Å². The topological polar surface area (TPSA) is 28.9 Å². The zero-order chi connectivity index (χ0) is 4.57. The highest BCUT2D eigenvalue weighted by atomic mass is 16.4. The van der Waals surface area contributed by atoms with E-state index < -0.39 is 0 Å². The largest absolute Gasteiger partial charge is 0.426 e. The van der Waals surface area contributed by atoms with Crippen LogP contribution in [0.15, 0.2) is 4.42 Å². The molecule has 1 heterocycles. The lowest BCUT2D eigenvalue weighted by Gasteiger charge is -1.86. The summed E-state index contributed by atoms with van der Waals surface area (Å²) >= 11 is 0. The fourth-order valence-electron chi connectivity index (χ4n) is 0.309. The predicted octanol–water partition coefficient (Wildman–Crippen LogP) is -0.572. The Morgan fingerprint density at radius 3 is 1.67 bits per heavy atom. The Morgan fingerprint density at radius 1 is 1.33 bits per heavy atom. The summed E-state index contributed by atoms with van der Waals surface area (Å²) in [6.45, 7) is 6.83. The summed E-state index contributed by atoms with van der Waals surface area (Å²) in [6, 6.07) is 0. The van der Waals surface area contributed by atoms with E-state index in [0.29, 0.717) is 11.1 Å². The quantitative estimate of drug-likeness (QED) is 0.447. The van der Waals surface area contributed by atoms with Crippen molar-refractivity contribution in [2.45, 2.75) is 0 Å². The highest BCUT2D eigenvalue weighted by molar-refractivity contribution is 4.87. The lowest BCUT2D eigenvalue weighted by molar-refractivity contribution is 0.379. The van der Waals surface area contributed by atoms with E-state index in [1.165, 1.54) is 0 Å². The third-order valence-electron chi connectivity index (χ3n) is 0.525. The van der Waals surface area contributed by atoms with Crippen molar-refractivity contribution in [1.82, 2.24) is 4.98 Å². The molecule has 32 valence electrons. The smallest absolute Gasteiger partial charge is 0.194 e. The molecule has 6 heavy (non-hydrogen) atoms. The van der Waals surface area contributed by atoms with Gasteiger partial charge in [-0.2, -0.15) is 0 Å². The first-order valence-electron chi connectivity index (χ1n) is 1.62. The fourth-order valence-corrected chi connectivity index (χ4v) is 0.309. The van der Waals surface area contributed by atoms with Crippen molar-refractivity contribution in [3.63, 3.8) is 0 Å². The van der Waals surface area contributed by atoms with Crippen LogP contribution in [0.3, 0.4) is 0 Å². The number of hydrogen-bond donors (Lipinski definition) is 1. The normalized spacial score (nSPS) is 9.33. The molecular weight excluding hydrogens is 78.0 g/mol. The molecule has 0 aliphatic rings. The molecule has 0 aliphatic heterocycles. The van der Waals surface area contributed by atoms with Crippen molar-refractivity contribution in [2.24, 2.45) is 0 Å². The van der Waals surface area contributed by atoms with Gasteiger partial charge >= 0.3 is 0 Å². The molecule has 0 aliphatic carbocycles. The van der Waals surface area contributed by atoms with Crippen LogP contribution in [-0.4, -0.2) is 4.98 Å². The van der Waals surface area contributed by atoms with Crippen LogP contribution in [0.1, 0.15) is 0 Å². The van der Waals surface area contributed by atoms with Crippen molar-refractivity contribution in [2.75, 3.05) is 0 Å². The Bertz CT molecular complexity index is 168. The molecule has 0 unspecified atom stereocenters. The number of rotatable bonds is 0. The molecule has 0 atom stereocenters. The second-order valence-corrected chi connectivity index (χ2v) is 1.07. The Kier molecular flexibility index (Phi) is 0.422. The van der Waals surface area contributed by atoms with Gasteiger partial charge in [0.05, 0.1) is 0 Å². The number of aromatic amines is 1. The molecule has 2 heteroatoms. The lowest BCUT2D eigenvalue weighted by atomic mass is 10.9. The highest BCUT2D eigenvalue weighted by Crippen LogP contribution is 1.43. The van der Waals surface area contributed by atoms with Crippen LogP contribution in [0.2, 0.25) is 0 Å². The molecule has 0 amide bonds. The summed E-state index contributed by atoms with van der Waals surface area (Å²) in [6.07, 6.45) is 0. The van der Waals surface area contributed by atoms with Crippen LogP contribution >= 0.6 is 0 Å².